The second kappa shape index (κ2) is 6.30. The van der Waals surface area contributed by atoms with Gasteiger partial charge < -0.3 is 15.4 Å². The second-order valence-corrected chi connectivity index (χ2v) is 4.09. The molecule has 1 heterocycles. The van der Waals surface area contributed by atoms with Crippen molar-refractivity contribution < 1.29 is 9.53 Å². The van der Waals surface area contributed by atoms with E-state index >= 15 is 0 Å². The Labute approximate surface area is 97.5 Å². The molecule has 90 valence electrons. The fourth-order valence-corrected chi connectivity index (χ4v) is 1.72. The lowest BCUT2D eigenvalue weighted by Crippen LogP contribution is -2.50. The highest BCUT2D eigenvalue weighted by Crippen LogP contribution is 2.15. The zero-order valence-corrected chi connectivity index (χ0v) is 10.4. The third-order valence-electron chi connectivity index (χ3n) is 2.98. The molecule has 1 rings (SSSR count). The van der Waals surface area contributed by atoms with Gasteiger partial charge in [-0.05, 0) is 19.3 Å². The van der Waals surface area contributed by atoms with E-state index in [1.807, 2.05) is 4.90 Å². The van der Waals surface area contributed by atoms with Gasteiger partial charge in [0.1, 0.15) is 6.10 Å². The summed E-state index contributed by atoms with van der Waals surface area (Å²) in [6, 6.07) is 0.233. The molecule has 1 fully saturated rings. The lowest BCUT2D eigenvalue weighted by molar-refractivity contribution is -0.142. The molecule has 0 bridgehead atoms. The van der Waals surface area contributed by atoms with Crippen LogP contribution in [0.25, 0.3) is 0 Å². The van der Waals surface area contributed by atoms with Crippen LogP contribution in [0.4, 0.5) is 0 Å². The molecule has 4 nitrogen and oxygen atoms in total. The highest BCUT2D eigenvalue weighted by atomic mass is 35.5. The van der Waals surface area contributed by atoms with Crippen LogP contribution in [-0.2, 0) is 9.53 Å². The summed E-state index contributed by atoms with van der Waals surface area (Å²) in [5.74, 6) is 0.461. The Morgan fingerprint density at radius 1 is 1.60 bits per heavy atom. The first-order valence-electron chi connectivity index (χ1n) is 5.13. The van der Waals surface area contributed by atoms with E-state index in [-0.39, 0.29) is 30.5 Å². The van der Waals surface area contributed by atoms with Crippen LogP contribution in [0.5, 0.6) is 0 Å². The summed E-state index contributed by atoms with van der Waals surface area (Å²) < 4.78 is 5.00. The molecule has 3 atom stereocenters. The van der Waals surface area contributed by atoms with Gasteiger partial charge in [-0.1, -0.05) is 6.92 Å². The molecular formula is C10H21ClN2O2. The average Bonchev–Trinajstić information content (AvgIpc) is 2.20. The Morgan fingerprint density at radius 3 is 2.67 bits per heavy atom. The third kappa shape index (κ3) is 3.63. The van der Waals surface area contributed by atoms with Crippen molar-refractivity contribution >= 4 is 18.3 Å². The standard InChI is InChI=1S/C10H20N2O2.ClH/c1-7-6-12(5-4-9(7)11)10(13)8(2)14-3;/h7-9H,4-6,11H2,1-3H3;1H. The Kier molecular flexibility index (Phi) is 6.17. The van der Waals surface area contributed by atoms with Crippen molar-refractivity contribution in [2.45, 2.75) is 32.4 Å². The molecule has 3 unspecified atom stereocenters. The van der Waals surface area contributed by atoms with E-state index in [2.05, 4.69) is 6.92 Å². The predicted molar refractivity (Wildman–Crippen MR) is 62.1 cm³/mol. The number of likely N-dealkylation sites (tertiary alicyclic amines) is 1. The van der Waals surface area contributed by atoms with Crippen LogP contribution in [0.2, 0.25) is 0 Å². The number of nitrogens with zero attached hydrogens (tertiary/aromatic N) is 1. The van der Waals surface area contributed by atoms with Crippen molar-refractivity contribution in [1.82, 2.24) is 4.90 Å². The minimum absolute atomic E-state index is 0. The molecule has 1 amide bonds. The van der Waals surface area contributed by atoms with Crippen LogP contribution in [0.15, 0.2) is 0 Å². The third-order valence-corrected chi connectivity index (χ3v) is 2.98. The van der Waals surface area contributed by atoms with E-state index in [0.29, 0.717) is 5.92 Å². The summed E-state index contributed by atoms with van der Waals surface area (Å²) in [6.45, 7) is 5.38. The van der Waals surface area contributed by atoms with Crippen molar-refractivity contribution in [2.75, 3.05) is 20.2 Å². The highest BCUT2D eigenvalue weighted by Gasteiger charge is 2.28. The smallest absolute Gasteiger partial charge is 0.251 e. The maximum absolute atomic E-state index is 11.7. The van der Waals surface area contributed by atoms with Gasteiger partial charge in [0.15, 0.2) is 0 Å². The van der Waals surface area contributed by atoms with Gasteiger partial charge in [0.2, 0.25) is 0 Å². The van der Waals surface area contributed by atoms with Crippen LogP contribution in [-0.4, -0.2) is 43.2 Å². The maximum atomic E-state index is 11.7. The molecule has 5 heteroatoms. The van der Waals surface area contributed by atoms with Crippen molar-refractivity contribution in [2.24, 2.45) is 11.7 Å². The number of piperidine rings is 1. The van der Waals surface area contributed by atoms with Gasteiger partial charge in [0.05, 0.1) is 0 Å². The van der Waals surface area contributed by atoms with Crippen molar-refractivity contribution in [3.05, 3.63) is 0 Å². The van der Waals surface area contributed by atoms with Gasteiger partial charge in [-0.3, -0.25) is 4.79 Å². The van der Waals surface area contributed by atoms with Crippen molar-refractivity contribution in [3.8, 4) is 0 Å². The molecule has 0 aromatic carbocycles. The van der Waals surface area contributed by atoms with E-state index in [4.69, 9.17) is 10.5 Å². The minimum Gasteiger partial charge on any atom is -0.372 e. The zero-order chi connectivity index (χ0) is 10.7. The summed E-state index contributed by atoms with van der Waals surface area (Å²) in [5.41, 5.74) is 5.88. The Hall–Kier alpha value is -0.320. The predicted octanol–water partition coefficient (Wildman–Crippen LogP) is 0.639. The topological polar surface area (TPSA) is 55.6 Å². The maximum Gasteiger partial charge on any atom is 0.251 e. The number of hydrogen-bond acceptors (Lipinski definition) is 3. The van der Waals surface area contributed by atoms with Gasteiger partial charge >= 0.3 is 0 Å². The Morgan fingerprint density at radius 2 is 2.20 bits per heavy atom. The summed E-state index contributed by atoms with van der Waals surface area (Å²) in [7, 11) is 1.56. The molecule has 1 saturated heterocycles. The fraction of sp³-hybridized carbons (Fsp3) is 0.900. The Balaban J connectivity index is 0.00000196. The molecule has 0 aromatic heterocycles. The number of carbonyl (C=O) groups excluding carboxylic acids is 1. The molecule has 0 aromatic rings. The van der Waals surface area contributed by atoms with E-state index in [9.17, 15) is 4.79 Å². The number of carbonyl (C=O) groups is 1. The van der Waals surface area contributed by atoms with Crippen LogP contribution in [0.1, 0.15) is 20.3 Å². The molecule has 0 saturated carbocycles. The summed E-state index contributed by atoms with van der Waals surface area (Å²) in [4.78, 5) is 13.6. The van der Waals surface area contributed by atoms with E-state index < -0.39 is 0 Å². The first-order chi connectivity index (χ1) is 6.56. The van der Waals surface area contributed by atoms with Gasteiger partial charge in [0.25, 0.3) is 5.91 Å². The molecular weight excluding hydrogens is 216 g/mol. The summed E-state index contributed by atoms with van der Waals surface area (Å²) >= 11 is 0. The van der Waals surface area contributed by atoms with Crippen molar-refractivity contribution in [3.63, 3.8) is 0 Å². The summed E-state index contributed by atoms with van der Waals surface area (Å²) in [5, 5.41) is 0. The van der Waals surface area contributed by atoms with Crippen molar-refractivity contribution in [1.29, 1.82) is 0 Å². The molecule has 0 spiro atoms. The molecule has 1 aliphatic rings. The molecule has 2 N–H and O–H groups in total. The average molecular weight is 237 g/mol. The molecule has 0 radical (unpaired) electrons. The largest absolute Gasteiger partial charge is 0.372 e. The number of nitrogens with two attached hydrogens (primary N) is 1. The molecule has 1 aliphatic heterocycles. The number of methoxy groups -OCH3 is 1. The first kappa shape index (κ1) is 14.7. The quantitative estimate of drug-likeness (QED) is 0.766. The fourth-order valence-electron chi connectivity index (χ4n) is 1.72. The second-order valence-electron chi connectivity index (χ2n) is 4.09. The summed E-state index contributed by atoms with van der Waals surface area (Å²) in [6.07, 6.45) is 0.556. The van der Waals surface area contributed by atoms with Gasteiger partial charge in [-0.15, -0.1) is 12.4 Å². The van der Waals surface area contributed by atoms with Crippen LogP contribution in [0, 0.1) is 5.92 Å². The lowest BCUT2D eigenvalue weighted by atomic mass is 9.94. The zero-order valence-electron chi connectivity index (χ0n) is 9.60. The van der Waals surface area contributed by atoms with E-state index in [1.54, 1.807) is 14.0 Å². The SMILES string of the molecule is COC(C)C(=O)N1CCC(N)C(C)C1.Cl. The van der Waals surface area contributed by atoms with Crippen LogP contribution < -0.4 is 5.73 Å². The lowest BCUT2D eigenvalue weighted by Gasteiger charge is -2.36. The number of ether oxygens (including phenoxy) is 1. The first-order valence-corrected chi connectivity index (χ1v) is 5.13. The van der Waals surface area contributed by atoms with E-state index in [0.717, 1.165) is 19.5 Å². The van der Waals surface area contributed by atoms with E-state index in [1.165, 1.54) is 0 Å². The Bertz CT molecular complexity index is 214. The molecule has 0 aliphatic carbocycles. The number of amides is 1. The van der Waals surface area contributed by atoms with Gasteiger partial charge in [0, 0.05) is 26.2 Å². The monoisotopic (exact) mass is 236 g/mol. The van der Waals surface area contributed by atoms with Crippen LogP contribution in [0.3, 0.4) is 0 Å². The van der Waals surface area contributed by atoms with Gasteiger partial charge in [-0.2, -0.15) is 0 Å². The number of hydrogen-bond donors (Lipinski definition) is 1. The minimum atomic E-state index is -0.337. The van der Waals surface area contributed by atoms with Gasteiger partial charge in [-0.25, -0.2) is 0 Å². The highest BCUT2D eigenvalue weighted by molar-refractivity contribution is 5.85. The number of rotatable bonds is 2. The molecule has 15 heavy (non-hydrogen) atoms. The van der Waals surface area contributed by atoms with Crippen LogP contribution >= 0.6 is 12.4 Å². The number of halogens is 1. The normalized spacial score (nSPS) is 28.1.